The molecule has 1 amide bonds. The Balaban J connectivity index is 1.93. The first-order valence-electron chi connectivity index (χ1n) is 7.63. The minimum absolute atomic E-state index is 0.195. The zero-order valence-corrected chi connectivity index (χ0v) is 15.7. The van der Waals surface area contributed by atoms with Gasteiger partial charge in [-0.15, -0.1) is 11.3 Å². The number of carbonyl (C=O) groups excluding carboxylic acids is 1. The van der Waals surface area contributed by atoms with Crippen LogP contribution in [0.3, 0.4) is 0 Å². The van der Waals surface area contributed by atoms with E-state index >= 15 is 0 Å². The summed E-state index contributed by atoms with van der Waals surface area (Å²) in [7, 11) is -2.25. The molecule has 0 unspecified atom stereocenters. The molecule has 0 atom stereocenters. The van der Waals surface area contributed by atoms with Gasteiger partial charge in [-0.05, 0) is 55.0 Å². The second-order valence-electron chi connectivity index (χ2n) is 5.69. The summed E-state index contributed by atoms with van der Waals surface area (Å²) in [6.07, 6.45) is 0.747. The molecule has 0 aliphatic rings. The van der Waals surface area contributed by atoms with Crippen LogP contribution in [0.2, 0.25) is 0 Å². The third kappa shape index (κ3) is 4.66. The van der Waals surface area contributed by atoms with E-state index in [-0.39, 0.29) is 17.3 Å². The minimum atomic E-state index is -3.67. The Labute approximate surface area is 147 Å². The van der Waals surface area contributed by atoms with Crippen molar-refractivity contribution in [3.8, 4) is 0 Å². The molecule has 1 heterocycles. The first-order valence-corrected chi connectivity index (χ1v) is 9.95. The van der Waals surface area contributed by atoms with Crippen LogP contribution in [0.5, 0.6) is 0 Å². The van der Waals surface area contributed by atoms with E-state index in [0.29, 0.717) is 6.54 Å². The van der Waals surface area contributed by atoms with Crippen LogP contribution in [0, 0.1) is 13.8 Å². The zero-order chi connectivity index (χ0) is 17.7. The van der Waals surface area contributed by atoms with Gasteiger partial charge in [0.15, 0.2) is 0 Å². The highest BCUT2D eigenvalue weighted by Gasteiger charge is 2.23. The van der Waals surface area contributed by atoms with Crippen molar-refractivity contribution in [3.63, 3.8) is 0 Å². The van der Waals surface area contributed by atoms with Crippen molar-refractivity contribution in [2.45, 2.75) is 25.2 Å². The van der Waals surface area contributed by atoms with E-state index in [2.05, 4.69) is 5.32 Å². The van der Waals surface area contributed by atoms with Gasteiger partial charge < -0.3 is 5.32 Å². The number of carbonyl (C=O) groups is 1. The lowest BCUT2D eigenvalue weighted by Gasteiger charge is -2.17. The molecule has 1 aromatic carbocycles. The SMILES string of the molecule is Cc1ccc(S(=O)(=O)N(C)CC(=O)NCCc2cccs2)cc1C. The van der Waals surface area contributed by atoms with Gasteiger partial charge in [-0.2, -0.15) is 4.31 Å². The summed E-state index contributed by atoms with van der Waals surface area (Å²) in [5, 5.41) is 4.74. The molecule has 0 saturated heterocycles. The number of hydrogen-bond donors (Lipinski definition) is 1. The van der Waals surface area contributed by atoms with E-state index in [0.717, 1.165) is 21.9 Å². The zero-order valence-electron chi connectivity index (χ0n) is 14.1. The van der Waals surface area contributed by atoms with E-state index < -0.39 is 10.0 Å². The number of rotatable bonds is 7. The minimum Gasteiger partial charge on any atom is -0.355 e. The second-order valence-corrected chi connectivity index (χ2v) is 8.76. The largest absolute Gasteiger partial charge is 0.355 e. The number of nitrogens with one attached hydrogen (secondary N) is 1. The van der Waals surface area contributed by atoms with Gasteiger partial charge >= 0.3 is 0 Å². The van der Waals surface area contributed by atoms with Crippen molar-refractivity contribution in [2.24, 2.45) is 0 Å². The van der Waals surface area contributed by atoms with Gasteiger partial charge in [0, 0.05) is 18.5 Å². The number of sulfonamides is 1. The maximum Gasteiger partial charge on any atom is 0.243 e. The van der Waals surface area contributed by atoms with Crippen molar-refractivity contribution in [1.82, 2.24) is 9.62 Å². The molecule has 24 heavy (non-hydrogen) atoms. The Bertz CT molecular complexity index is 799. The van der Waals surface area contributed by atoms with Gasteiger partial charge in [0.05, 0.1) is 11.4 Å². The molecule has 0 bridgehead atoms. The Hall–Kier alpha value is -1.70. The van der Waals surface area contributed by atoms with E-state index in [1.54, 1.807) is 29.5 Å². The Morgan fingerprint density at radius 3 is 2.58 bits per heavy atom. The monoisotopic (exact) mass is 366 g/mol. The van der Waals surface area contributed by atoms with Crippen LogP contribution in [0.15, 0.2) is 40.6 Å². The van der Waals surface area contributed by atoms with Crippen LogP contribution >= 0.6 is 11.3 Å². The highest BCUT2D eigenvalue weighted by molar-refractivity contribution is 7.89. The average Bonchev–Trinajstić information content (AvgIpc) is 3.03. The number of nitrogens with zero attached hydrogens (tertiary/aromatic N) is 1. The number of thiophene rings is 1. The number of likely N-dealkylation sites (N-methyl/N-ethyl adjacent to an activating group) is 1. The van der Waals surface area contributed by atoms with E-state index in [9.17, 15) is 13.2 Å². The van der Waals surface area contributed by atoms with Crippen LogP contribution < -0.4 is 5.32 Å². The maximum atomic E-state index is 12.5. The molecule has 0 saturated carbocycles. The molecule has 0 aliphatic heterocycles. The van der Waals surface area contributed by atoms with E-state index in [1.165, 1.54) is 11.9 Å². The Morgan fingerprint density at radius 2 is 1.96 bits per heavy atom. The van der Waals surface area contributed by atoms with Crippen molar-refractivity contribution < 1.29 is 13.2 Å². The Kier molecular flexibility index (Phi) is 6.15. The van der Waals surface area contributed by atoms with Crippen LogP contribution in [-0.2, 0) is 21.2 Å². The van der Waals surface area contributed by atoms with Crippen molar-refractivity contribution >= 4 is 27.3 Å². The van der Waals surface area contributed by atoms with Gasteiger partial charge in [-0.3, -0.25) is 4.79 Å². The quantitative estimate of drug-likeness (QED) is 0.818. The molecule has 0 aliphatic carbocycles. The molecular formula is C17H22N2O3S2. The molecule has 7 heteroatoms. The molecule has 0 spiro atoms. The predicted octanol–water partition coefficient (Wildman–Crippen LogP) is 2.34. The Morgan fingerprint density at radius 1 is 1.21 bits per heavy atom. The lowest BCUT2D eigenvalue weighted by Crippen LogP contribution is -2.39. The average molecular weight is 367 g/mol. The van der Waals surface area contributed by atoms with Gasteiger partial charge in [-0.25, -0.2) is 8.42 Å². The lowest BCUT2D eigenvalue weighted by atomic mass is 10.1. The van der Waals surface area contributed by atoms with Crippen LogP contribution in [-0.4, -0.2) is 38.8 Å². The van der Waals surface area contributed by atoms with Crippen LogP contribution in [0.1, 0.15) is 16.0 Å². The molecular weight excluding hydrogens is 344 g/mol. The fourth-order valence-electron chi connectivity index (χ4n) is 2.18. The van der Waals surface area contributed by atoms with Crippen LogP contribution in [0.4, 0.5) is 0 Å². The lowest BCUT2D eigenvalue weighted by molar-refractivity contribution is -0.121. The summed E-state index contributed by atoms with van der Waals surface area (Å²) in [5.74, 6) is -0.304. The maximum absolute atomic E-state index is 12.5. The predicted molar refractivity (Wildman–Crippen MR) is 96.8 cm³/mol. The molecule has 0 fully saturated rings. The summed E-state index contributed by atoms with van der Waals surface area (Å²) < 4.78 is 26.2. The highest BCUT2D eigenvalue weighted by Crippen LogP contribution is 2.18. The summed E-state index contributed by atoms with van der Waals surface area (Å²) in [5.41, 5.74) is 1.94. The van der Waals surface area contributed by atoms with Crippen molar-refractivity contribution in [1.29, 1.82) is 0 Å². The van der Waals surface area contributed by atoms with Crippen molar-refractivity contribution in [3.05, 3.63) is 51.7 Å². The molecule has 2 rings (SSSR count). The first kappa shape index (κ1) is 18.6. The van der Waals surface area contributed by atoms with Gasteiger partial charge in [0.25, 0.3) is 0 Å². The summed E-state index contributed by atoms with van der Waals surface area (Å²) >= 11 is 1.63. The van der Waals surface area contributed by atoms with Gasteiger partial charge in [0.2, 0.25) is 15.9 Å². The smallest absolute Gasteiger partial charge is 0.243 e. The fraction of sp³-hybridized carbons (Fsp3) is 0.353. The fourth-order valence-corrected chi connectivity index (χ4v) is 4.10. The third-order valence-corrected chi connectivity index (χ3v) is 6.56. The molecule has 1 N–H and O–H groups in total. The summed E-state index contributed by atoms with van der Waals surface area (Å²) in [4.78, 5) is 13.4. The topological polar surface area (TPSA) is 66.5 Å². The van der Waals surface area contributed by atoms with Gasteiger partial charge in [-0.1, -0.05) is 12.1 Å². The van der Waals surface area contributed by atoms with E-state index in [4.69, 9.17) is 0 Å². The summed E-state index contributed by atoms with van der Waals surface area (Å²) in [6, 6.07) is 8.95. The summed E-state index contributed by atoms with van der Waals surface area (Å²) in [6.45, 7) is 4.10. The van der Waals surface area contributed by atoms with E-state index in [1.807, 2.05) is 31.4 Å². The third-order valence-electron chi connectivity index (χ3n) is 3.83. The molecule has 1 aromatic heterocycles. The van der Waals surface area contributed by atoms with Crippen molar-refractivity contribution in [2.75, 3.05) is 20.1 Å². The number of aryl methyl sites for hydroxylation is 2. The van der Waals surface area contributed by atoms with Crippen LogP contribution in [0.25, 0.3) is 0 Å². The standard InChI is InChI=1S/C17H22N2O3S2/c1-13-6-7-16(11-14(13)2)24(21,22)19(3)12-17(20)18-9-8-15-5-4-10-23-15/h4-7,10-11H,8-9,12H2,1-3H3,(H,18,20). The molecule has 0 radical (unpaired) electrons. The second kappa shape index (κ2) is 7.92. The first-order chi connectivity index (χ1) is 11.3. The highest BCUT2D eigenvalue weighted by atomic mass is 32.2. The normalized spacial score (nSPS) is 11.7. The number of amides is 1. The number of benzene rings is 1. The molecule has 130 valence electrons. The van der Waals surface area contributed by atoms with Gasteiger partial charge in [0.1, 0.15) is 0 Å². The number of hydrogen-bond acceptors (Lipinski definition) is 4. The molecule has 5 nitrogen and oxygen atoms in total. The molecule has 2 aromatic rings.